The second-order valence-corrected chi connectivity index (χ2v) is 8.41. The average molecular weight is 368 g/mol. The van der Waals surface area contributed by atoms with Gasteiger partial charge in [0, 0.05) is 6.61 Å². The number of aliphatic hydroxyl groups is 1. The first kappa shape index (κ1) is 23.5. The first-order valence-corrected chi connectivity index (χ1v) is 11.7. The minimum atomic E-state index is 0.317. The summed E-state index contributed by atoms with van der Waals surface area (Å²) in [6.45, 7) is 7.10. The second-order valence-electron chi connectivity index (χ2n) is 8.41. The molecule has 1 aliphatic heterocycles. The van der Waals surface area contributed by atoms with Crippen molar-refractivity contribution in [3.63, 3.8) is 0 Å². The van der Waals surface area contributed by atoms with Crippen LogP contribution in [0.25, 0.3) is 0 Å². The molecule has 1 aliphatic rings. The van der Waals surface area contributed by atoms with Crippen LogP contribution in [0.1, 0.15) is 110 Å². The quantitative estimate of drug-likeness (QED) is 0.248. The first-order chi connectivity index (χ1) is 12.8. The van der Waals surface area contributed by atoms with E-state index in [1.54, 1.807) is 0 Å². The molecule has 0 aliphatic carbocycles. The highest BCUT2D eigenvalue weighted by molar-refractivity contribution is 5.49. The number of rotatable bonds is 18. The van der Waals surface area contributed by atoms with E-state index in [2.05, 4.69) is 30.1 Å². The molecule has 0 saturated carbocycles. The standard InChI is InChI=1S/C23H46N2O/c1-3-4-5-6-7-8-9-10-11-12-13-14-15-16-23(22(2)17-20-26)25-19-18-24-21-25/h21-23,26H,3-20H2,1-2H3/p+1. The van der Waals surface area contributed by atoms with Gasteiger partial charge in [-0.1, -0.05) is 90.9 Å². The molecule has 2 unspecified atom stereocenters. The van der Waals surface area contributed by atoms with Crippen molar-refractivity contribution >= 4 is 6.34 Å². The summed E-state index contributed by atoms with van der Waals surface area (Å²) in [6, 6.07) is 0.602. The number of hydrogen-bond acceptors (Lipinski definition) is 2. The van der Waals surface area contributed by atoms with Crippen LogP contribution in [0.3, 0.4) is 0 Å². The van der Waals surface area contributed by atoms with E-state index >= 15 is 0 Å². The highest BCUT2D eigenvalue weighted by Gasteiger charge is 2.25. The Hall–Kier alpha value is -0.570. The molecule has 3 heteroatoms. The van der Waals surface area contributed by atoms with Gasteiger partial charge in [-0.2, -0.15) is 0 Å². The van der Waals surface area contributed by atoms with E-state index in [1.165, 1.54) is 89.9 Å². The van der Waals surface area contributed by atoms with Crippen LogP contribution in [-0.2, 0) is 0 Å². The topological polar surface area (TPSA) is 35.3 Å². The second kappa shape index (κ2) is 16.6. The fourth-order valence-corrected chi connectivity index (χ4v) is 4.25. The molecule has 0 fully saturated rings. The van der Waals surface area contributed by atoms with Gasteiger partial charge in [0.1, 0.15) is 13.1 Å². The van der Waals surface area contributed by atoms with Crippen molar-refractivity contribution in [1.82, 2.24) is 5.32 Å². The third-order valence-corrected chi connectivity index (χ3v) is 6.04. The molecule has 1 heterocycles. The monoisotopic (exact) mass is 367 g/mol. The molecule has 154 valence electrons. The SMILES string of the molecule is CCCCCCCCCCCCCCCC(C(C)CCO)[N+]1=CNCC1. The van der Waals surface area contributed by atoms with E-state index in [0.717, 1.165) is 19.5 Å². The van der Waals surface area contributed by atoms with Crippen LogP contribution in [0, 0.1) is 5.92 Å². The van der Waals surface area contributed by atoms with Crippen molar-refractivity contribution in [2.75, 3.05) is 19.7 Å². The Balaban J connectivity index is 1.97. The largest absolute Gasteiger partial charge is 0.396 e. The lowest BCUT2D eigenvalue weighted by atomic mass is 9.93. The van der Waals surface area contributed by atoms with E-state index < -0.39 is 0 Å². The molecule has 0 bridgehead atoms. The van der Waals surface area contributed by atoms with Crippen molar-refractivity contribution < 1.29 is 9.68 Å². The summed E-state index contributed by atoms with van der Waals surface area (Å²) < 4.78 is 2.47. The van der Waals surface area contributed by atoms with Gasteiger partial charge in [0.15, 0.2) is 0 Å². The summed E-state index contributed by atoms with van der Waals surface area (Å²) in [5, 5.41) is 12.6. The molecule has 0 aromatic carbocycles. The zero-order valence-corrected chi connectivity index (χ0v) is 17.9. The molecular formula is C23H47N2O+. The fourth-order valence-electron chi connectivity index (χ4n) is 4.25. The Morgan fingerprint density at radius 2 is 1.38 bits per heavy atom. The molecule has 1 rings (SSSR count). The van der Waals surface area contributed by atoms with Gasteiger partial charge in [-0.3, -0.25) is 9.89 Å². The molecule has 26 heavy (non-hydrogen) atoms. The molecule has 0 aromatic rings. The van der Waals surface area contributed by atoms with Crippen LogP contribution in [0.15, 0.2) is 0 Å². The van der Waals surface area contributed by atoms with E-state index in [0.29, 0.717) is 18.6 Å². The number of hydrogen-bond donors (Lipinski definition) is 2. The van der Waals surface area contributed by atoms with Crippen LogP contribution >= 0.6 is 0 Å². The lowest BCUT2D eigenvalue weighted by Gasteiger charge is -2.22. The maximum atomic E-state index is 9.27. The lowest BCUT2D eigenvalue weighted by Crippen LogP contribution is -2.32. The number of nitrogens with zero attached hydrogens (tertiary/aromatic N) is 1. The van der Waals surface area contributed by atoms with Gasteiger partial charge in [0.25, 0.3) is 0 Å². The summed E-state index contributed by atoms with van der Waals surface area (Å²) >= 11 is 0. The van der Waals surface area contributed by atoms with E-state index in [9.17, 15) is 5.11 Å². The average Bonchev–Trinajstić information content (AvgIpc) is 3.16. The van der Waals surface area contributed by atoms with Crippen molar-refractivity contribution in [1.29, 1.82) is 0 Å². The smallest absolute Gasteiger partial charge is 0.232 e. The summed E-state index contributed by atoms with van der Waals surface area (Å²) in [5.74, 6) is 0.577. The Labute approximate surface area is 163 Å². The third kappa shape index (κ3) is 11.2. The first-order valence-electron chi connectivity index (χ1n) is 11.7. The maximum Gasteiger partial charge on any atom is 0.232 e. The predicted molar refractivity (Wildman–Crippen MR) is 114 cm³/mol. The van der Waals surface area contributed by atoms with Crippen LogP contribution < -0.4 is 5.32 Å². The van der Waals surface area contributed by atoms with Crippen molar-refractivity contribution in [3.8, 4) is 0 Å². The van der Waals surface area contributed by atoms with Gasteiger partial charge >= 0.3 is 0 Å². The van der Waals surface area contributed by atoms with Crippen LogP contribution in [0.5, 0.6) is 0 Å². The molecule has 0 amide bonds. The zero-order chi connectivity index (χ0) is 18.9. The molecule has 2 N–H and O–H groups in total. The van der Waals surface area contributed by atoms with Crippen LogP contribution in [0.4, 0.5) is 0 Å². The van der Waals surface area contributed by atoms with Gasteiger partial charge < -0.3 is 5.11 Å². The van der Waals surface area contributed by atoms with Crippen molar-refractivity contribution in [2.24, 2.45) is 5.92 Å². The predicted octanol–water partition coefficient (Wildman–Crippen LogP) is 5.50. The highest BCUT2D eigenvalue weighted by Crippen LogP contribution is 2.19. The van der Waals surface area contributed by atoms with Gasteiger partial charge in [-0.05, 0) is 25.2 Å². The zero-order valence-electron chi connectivity index (χ0n) is 17.9. The summed E-state index contributed by atoms with van der Waals surface area (Å²) in [4.78, 5) is 0. The number of unbranched alkanes of at least 4 members (excludes halogenated alkanes) is 12. The fraction of sp³-hybridized carbons (Fsp3) is 0.957. The molecule has 2 atom stereocenters. The normalized spacial score (nSPS) is 16.3. The minimum Gasteiger partial charge on any atom is -0.396 e. The third-order valence-electron chi connectivity index (χ3n) is 6.04. The summed E-state index contributed by atoms with van der Waals surface area (Å²) in [7, 11) is 0. The summed E-state index contributed by atoms with van der Waals surface area (Å²) in [6.07, 6.45) is 22.8. The Kier molecular flexibility index (Phi) is 15.0. The van der Waals surface area contributed by atoms with E-state index in [4.69, 9.17) is 0 Å². The minimum absolute atomic E-state index is 0.317. The van der Waals surface area contributed by atoms with Gasteiger partial charge in [-0.25, -0.2) is 0 Å². The highest BCUT2D eigenvalue weighted by atomic mass is 16.3. The lowest BCUT2D eigenvalue weighted by molar-refractivity contribution is -0.563. The van der Waals surface area contributed by atoms with Gasteiger partial charge in [0.05, 0.1) is 6.04 Å². The van der Waals surface area contributed by atoms with E-state index in [1.807, 2.05) is 0 Å². The van der Waals surface area contributed by atoms with E-state index in [-0.39, 0.29) is 0 Å². The molecular weight excluding hydrogens is 320 g/mol. The van der Waals surface area contributed by atoms with Gasteiger partial charge in [0.2, 0.25) is 6.34 Å². The van der Waals surface area contributed by atoms with Crippen molar-refractivity contribution in [2.45, 2.75) is 116 Å². The Bertz CT molecular complexity index is 343. The summed E-state index contributed by atoms with van der Waals surface area (Å²) in [5.41, 5.74) is 0. The van der Waals surface area contributed by atoms with Crippen LogP contribution in [-0.4, -0.2) is 41.8 Å². The van der Waals surface area contributed by atoms with Crippen LogP contribution in [0.2, 0.25) is 0 Å². The molecule has 0 radical (unpaired) electrons. The number of aliphatic hydroxyl groups excluding tert-OH is 1. The Morgan fingerprint density at radius 3 is 1.85 bits per heavy atom. The van der Waals surface area contributed by atoms with Crippen molar-refractivity contribution in [3.05, 3.63) is 0 Å². The molecule has 0 spiro atoms. The van der Waals surface area contributed by atoms with Gasteiger partial charge in [-0.15, -0.1) is 0 Å². The number of nitrogens with one attached hydrogen (secondary N) is 1. The molecule has 3 nitrogen and oxygen atoms in total. The maximum absolute atomic E-state index is 9.27. The molecule has 0 aromatic heterocycles. The Morgan fingerprint density at radius 1 is 0.846 bits per heavy atom. The molecule has 0 saturated heterocycles.